The van der Waals surface area contributed by atoms with Crippen LogP contribution in [0.15, 0.2) is 18.2 Å². The molecule has 0 bridgehead atoms. The van der Waals surface area contributed by atoms with Crippen molar-refractivity contribution >= 4 is 16.9 Å². The third kappa shape index (κ3) is 1.99. The number of carbonyl (C=O) groups is 1. The van der Waals surface area contributed by atoms with Gasteiger partial charge in [-0.25, -0.2) is 4.79 Å². The minimum atomic E-state index is -0.821. The topological polar surface area (TPSA) is 50.2 Å². The molecule has 0 aliphatic heterocycles. The van der Waals surface area contributed by atoms with E-state index in [0.29, 0.717) is 5.56 Å². The predicted octanol–water partition coefficient (Wildman–Crippen LogP) is 3.37. The summed E-state index contributed by atoms with van der Waals surface area (Å²) in [6.07, 6.45) is 4.83. The maximum atomic E-state index is 11.7. The van der Waals surface area contributed by atoms with Gasteiger partial charge in [0.25, 0.3) is 0 Å². The first kappa shape index (κ1) is 12.2. The summed E-state index contributed by atoms with van der Waals surface area (Å²) in [6, 6.07) is 5.98. The second-order valence-corrected chi connectivity index (χ2v) is 5.13. The van der Waals surface area contributed by atoms with E-state index < -0.39 is 5.97 Å². The summed E-state index contributed by atoms with van der Waals surface area (Å²) < 4.78 is 0. The maximum Gasteiger partial charge on any atom is 0.336 e. The lowest BCUT2D eigenvalue weighted by Crippen LogP contribution is -2.13. The van der Waals surface area contributed by atoms with Gasteiger partial charge in [-0.05, 0) is 55.4 Å². The highest BCUT2D eigenvalue weighted by atomic mass is 16.4. The van der Waals surface area contributed by atoms with Crippen LogP contribution in [0.2, 0.25) is 0 Å². The van der Waals surface area contributed by atoms with E-state index in [4.69, 9.17) is 0 Å². The Bertz CT molecular complexity index is 661. The van der Waals surface area contributed by atoms with Crippen LogP contribution in [0.1, 0.15) is 46.9 Å². The molecule has 2 aromatic rings. The summed E-state index contributed by atoms with van der Waals surface area (Å²) in [5.41, 5.74) is 4.40. The number of aromatic nitrogens is 1. The standard InChI is InChI=1S/C16H17NO2/c1-2-10-7-8-14-12(9-10)15(16(18)19)11-5-3-4-6-13(11)17-14/h7-9H,2-6H2,1H3,(H,18,19). The Morgan fingerprint density at radius 3 is 2.84 bits per heavy atom. The molecule has 1 N–H and O–H groups in total. The van der Waals surface area contributed by atoms with Gasteiger partial charge in [0.2, 0.25) is 0 Å². The van der Waals surface area contributed by atoms with Crippen LogP contribution in [0.5, 0.6) is 0 Å². The van der Waals surface area contributed by atoms with E-state index in [-0.39, 0.29) is 0 Å². The molecule has 19 heavy (non-hydrogen) atoms. The fourth-order valence-corrected chi connectivity index (χ4v) is 2.94. The first-order valence-electron chi connectivity index (χ1n) is 6.88. The van der Waals surface area contributed by atoms with Gasteiger partial charge >= 0.3 is 5.97 Å². The average molecular weight is 255 g/mol. The van der Waals surface area contributed by atoms with Crippen LogP contribution in [-0.4, -0.2) is 16.1 Å². The molecule has 3 nitrogen and oxygen atoms in total. The number of aromatic carboxylic acids is 1. The lowest BCUT2D eigenvalue weighted by Gasteiger charge is -2.19. The number of fused-ring (bicyclic) bond motifs is 2. The normalized spacial score (nSPS) is 14.4. The number of rotatable bonds is 2. The monoisotopic (exact) mass is 255 g/mol. The molecule has 0 spiro atoms. The fourth-order valence-electron chi connectivity index (χ4n) is 2.94. The third-order valence-electron chi connectivity index (χ3n) is 3.95. The highest BCUT2D eigenvalue weighted by molar-refractivity contribution is 6.04. The number of hydrogen-bond acceptors (Lipinski definition) is 2. The van der Waals surface area contributed by atoms with Crippen LogP contribution in [-0.2, 0) is 19.3 Å². The van der Waals surface area contributed by atoms with Gasteiger partial charge in [-0.2, -0.15) is 0 Å². The molecule has 3 rings (SSSR count). The van der Waals surface area contributed by atoms with Crippen molar-refractivity contribution < 1.29 is 9.90 Å². The first-order valence-corrected chi connectivity index (χ1v) is 6.88. The van der Waals surface area contributed by atoms with Gasteiger partial charge in [0.15, 0.2) is 0 Å². The first-order chi connectivity index (χ1) is 9.20. The molecular formula is C16H17NO2. The molecular weight excluding hydrogens is 238 g/mol. The lowest BCUT2D eigenvalue weighted by atomic mass is 9.89. The molecule has 0 atom stereocenters. The Labute approximate surface area is 112 Å². The summed E-state index contributed by atoms with van der Waals surface area (Å²) in [6.45, 7) is 2.08. The summed E-state index contributed by atoms with van der Waals surface area (Å²) in [5, 5.41) is 10.4. The summed E-state index contributed by atoms with van der Waals surface area (Å²) >= 11 is 0. The number of benzene rings is 1. The zero-order chi connectivity index (χ0) is 13.4. The molecule has 3 heteroatoms. The van der Waals surface area contributed by atoms with Crippen molar-refractivity contribution in [2.24, 2.45) is 0 Å². The van der Waals surface area contributed by atoms with Gasteiger partial charge < -0.3 is 5.11 Å². The minimum absolute atomic E-state index is 0.481. The fraction of sp³-hybridized carbons (Fsp3) is 0.375. The van der Waals surface area contributed by atoms with Crippen LogP contribution >= 0.6 is 0 Å². The molecule has 0 fully saturated rings. The van der Waals surface area contributed by atoms with Gasteiger partial charge in [0.05, 0.1) is 11.1 Å². The SMILES string of the molecule is CCc1ccc2nc3c(c(C(=O)O)c2c1)CCCC3. The number of aryl methyl sites for hydroxylation is 2. The molecule has 1 aromatic carbocycles. The van der Waals surface area contributed by atoms with E-state index in [9.17, 15) is 9.90 Å². The molecule has 0 radical (unpaired) electrons. The van der Waals surface area contributed by atoms with Crippen LogP contribution < -0.4 is 0 Å². The van der Waals surface area contributed by atoms with E-state index in [1.807, 2.05) is 18.2 Å². The van der Waals surface area contributed by atoms with Crippen molar-refractivity contribution in [3.05, 3.63) is 40.6 Å². The molecule has 0 saturated heterocycles. The van der Waals surface area contributed by atoms with Crippen molar-refractivity contribution in [1.82, 2.24) is 4.98 Å². The van der Waals surface area contributed by atoms with Crippen molar-refractivity contribution in [2.45, 2.75) is 39.0 Å². The zero-order valence-electron chi connectivity index (χ0n) is 11.1. The van der Waals surface area contributed by atoms with Crippen molar-refractivity contribution in [3.63, 3.8) is 0 Å². The van der Waals surface area contributed by atoms with Crippen LogP contribution in [0, 0.1) is 0 Å². The number of hydrogen-bond donors (Lipinski definition) is 1. The highest BCUT2D eigenvalue weighted by Crippen LogP contribution is 2.29. The number of carboxylic acid groups (broad SMARTS) is 1. The Kier molecular flexibility index (Phi) is 2.97. The zero-order valence-corrected chi connectivity index (χ0v) is 11.1. The van der Waals surface area contributed by atoms with Gasteiger partial charge in [0, 0.05) is 11.1 Å². The van der Waals surface area contributed by atoms with E-state index in [0.717, 1.165) is 59.8 Å². The number of carboxylic acids is 1. The highest BCUT2D eigenvalue weighted by Gasteiger charge is 2.22. The average Bonchev–Trinajstić information content (AvgIpc) is 2.43. The third-order valence-corrected chi connectivity index (χ3v) is 3.95. The summed E-state index contributed by atoms with van der Waals surface area (Å²) in [4.78, 5) is 16.3. The minimum Gasteiger partial charge on any atom is -0.478 e. The molecule has 0 unspecified atom stereocenters. The molecule has 0 amide bonds. The smallest absolute Gasteiger partial charge is 0.336 e. The molecule has 1 aromatic heterocycles. The van der Waals surface area contributed by atoms with Crippen LogP contribution in [0.3, 0.4) is 0 Å². The van der Waals surface area contributed by atoms with Gasteiger partial charge in [-0.1, -0.05) is 13.0 Å². The van der Waals surface area contributed by atoms with Crippen LogP contribution in [0.25, 0.3) is 10.9 Å². The maximum absolute atomic E-state index is 11.7. The lowest BCUT2D eigenvalue weighted by molar-refractivity contribution is 0.0697. The molecule has 0 saturated carbocycles. The Balaban J connectivity index is 2.36. The summed E-state index contributed by atoms with van der Waals surface area (Å²) in [7, 11) is 0. The number of nitrogens with zero attached hydrogens (tertiary/aromatic N) is 1. The molecule has 98 valence electrons. The van der Waals surface area contributed by atoms with Crippen LogP contribution in [0.4, 0.5) is 0 Å². The van der Waals surface area contributed by atoms with E-state index in [1.54, 1.807) is 0 Å². The van der Waals surface area contributed by atoms with E-state index in [1.165, 1.54) is 0 Å². The number of pyridine rings is 1. The van der Waals surface area contributed by atoms with E-state index >= 15 is 0 Å². The molecule has 1 heterocycles. The van der Waals surface area contributed by atoms with E-state index in [2.05, 4.69) is 11.9 Å². The quantitative estimate of drug-likeness (QED) is 0.895. The van der Waals surface area contributed by atoms with Gasteiger partial charge in [-0.15, -0.1) is 0 Å². The predicted molar refractivity (Wildman–Crippen MR) is 74.7 cm³/mol. The Morgan fingerprint density at radius 1 is 1.32 bits per heavy atom. The van der Waals surface area contributed by atoms with Gasteiger partial charge in [-0.3, -0.25) is 4.98 Å². The molecule has 1 aliphatic rings. The second kappa shape index (κ2) is 4.65. The summed E-state index contributed by atoms with van der Waals surface area (Å²) in [5.74, 6) is -0.821. The Morgan fingerprint density at radius 2 is 2.11 bits per heavy atom. The van der Waals surface area contributed by atoms with Crippen molar-refractivity contribution in [1.29, 1.82) is 0 Å². The second-order valence-electron chi connectivity index (χ2n) is 5.13. The molecule has 1 aliphatic carbocycles. The van der Waals surface area contributed by atoms with Gasteiger partial charge in [0.1, 0.15) is 0 Å². The van der Waals surface area contributed by atoms with Crippen molar-refractivity contribution in [3.8, 4) is 0 Å². The van der Waals surface area contributed by atoms with Crippen molar-refractivity contribution in [2.75, 3.05) is 0 Å². The Hall–Kier alpha value is -1.90. The largest absolute Gasteiger partial charge is 0.478 e.